The number of nitro benzene ring substituents is 1. The van der Waals surface area contributed by atoms with Crippen LogP contribution in [0.2, 0.25) is 0 Å². The molecule has 0 radical (unpaired) electrons. The molecule has 0 heterocycles. The molecule has 0 fully saturated rings. The van der Waals surface area contributed by atoms with Crippen molar-refractivity contribution in [2.75, 3.05) is 20.8 Å². The van der Waals surface area contributed by atoms with Crippen LogP contribution in [-0.4, -0.2) is 25.7 Å². The van der Waals surface area contributed by atoms with E-state index in [4.69, 9.17) is 15.2 Å². The minimum absolute atomic E-state index is 0.00287. The summed E-state index contributed by atoms with van der Waals surface area (Å²) in [5, 5.41) is 10.8. The number of rotatable bonds is 5. The summed E-state index contributed by atoms with van der Waals surface area (Å²) in [6.07, 6.45) is 0.427. The lowest BCUT2D eigenvalue weighted by Gasteiger charge is -2.09. The lowest BCUT2D eigenvalue weighted by molar-refractivity contribution is -0.385. The second-order valence-electron chi connectivity index (χ2n) is 3.13. The summed E-state index contributed by atoms with van der Waals surface area (Å²) in [6, 6.07) is 2.94. The number of nitrogens with zero attached hydrogens (tertiary/aromatic N) is 1. The van der Waals surface area contributed by atoms with Gasteiger partial charge in [-0.3, -0.25) is 10.1 Å². The molecule has 0 bridgehead atoms. The van der Waals surface area contributed by atoms with Crippen molar-refractivity contribution in [2.24, 2.45) is 5.73 Å². The van der Waals surface area contributed by atoms with E-state index in [-0.39, 0.29) is 5.69 Å². The molecule has 1 rings (SSSR count). The quantitative estimate of drug-likeness (QED) is 0.600. The first-order valence-electron chi connectivity index (χ1n) is 4.73. The summed E-state index contributed by atoms with van der Waals surface area (Å²) < 4.78 is 10.1. The molecular formula is C10H14N2O4. The fourth-order valence-corrected chi connectivity index (χ4v) is 1.44. The molecule has 2 N–H and O–H groups in total. The fourth-order valence-electron chi connectivity index (χ4n) is 1.44. The molecule has 0 aliphatic carbocycles. The predicted molar refractivity (Wildman–Crippen MR) is 59.0 cm³/mol. The Morgan fingerprint density at radius 1 is 1.31 bits per heavy atom. The van der Waals surface area contributed by atoms with Crippen LogP contribution in [0.15, 0.2) is 12.1 Å². The van der Waals surface area contributed by atoms with Gasteiger partial charge in [0.1, 0.15) is 0 Å². The molecule has 0 atom stereocenters. The molecule has 0 aliphatic heterocycles. The monoisotopic (exact) mass is 226 g/mol. The summed E-state index contributed by atoms with van der Waals surface area (Å²) in [7, 11) is 2.92. The largest absolute Gasteiger partial charge is 0.493 e. The first kappa shape index (κ1) is 12.3. The predicted octanol–water partition coefficient (Wildman–Crippen LogP) is 1.11. The molecule has 0 saturated heterocycles. The summed E-state index contributed by atoms with van der Waals surface area (Å²) in [5.41, 5.74) is 5.95. The molecule has 0 spiro atoms. The van der Waals surface area contributed by atoms with Gasteiger partial charge in [0.2, 0.25) is 0 Å². The van der Waals surface area contributed by atoms with E-state index in [1.807, 2.05) is 0 Å². The Hall–Kier alpha value is -1.82. The molecule has 0 aromatic heterocycles. The Kier molecular flexibility index (Phi) is 4.07. The van der Waals surface area contributed by atoms with E-state index in [0.717, 1.165) is 0 Å². The molecule has 16 heavy (non-hydrogen) atoms. The number of hydrogen-bond acceptors (Lipinski definition) is 5. The molecule has 0 unspecified atom stereocenters. The SMILES string of the molecule is COc1cc(CCN)c([N+](=O)[O-])cc1OC. The highest BCUT2D eigenvalue weighted by molar-refractivity contribution is 5.54. The maximum atomic E-state index is 10.8. The molecule has 6 heteroatoms. The summed E-state index contributed by atoms with van der Waals surface area (Å²) in [5.74, 6) is 0.812. The number of ether oxygens (including phenoxy) is 2. The highest BCUT2D eigenvalue weighted by Crippen LogP contribution is 2.34. The van der Waals surface area contributed by atoms with Gasteiger partial charge in [-0.15, -0.1) is 0 Å². The van der Waals surface area contributed by atoms with E-state index in [1.165, 1.54) is 20.3 Å². The summed E-state index contributed by atoms with van der Waals surface area (Å²) in [4.78, 5) is 10.4. The fraction of sp³-hybridized carbons (Fsp3) is 0.400. The normalized spacial score (nSPS) is 9.94. The average molecular weight is 226 g/mol. The Bertz CT molecular complexity index is 393. The Morgan fingerprint density at radius 2 is 1.88 bits per heavy atom. The van der Waals surface area contributed by atoms with Crippen LogP contribution in [0.25, 0.3) is 0 Å². The molecule has 6 nitrogen and oxygen atoms in total. The van der Waals surface area contributed by atoms with Gasteiger partial charge in [0, 0.05) is 5.56 Å². The zero-order valence-electron chi connectivity index (χ0n) is 9.23. The minimum atomic E-state index is -0.451. The smallest absolute Gasteiger partial charge is 0.276 e. The zero-order valence-corrected chi connectivity index (χ0v) is 9.23. The highest BCUT2D eigenvalue weighted by atomic mass is 16.6. The van der Waals surface area contributed by atoms with Crippen molar-refractivity contribution in [2.45, 2.75) is 6.42 Å². The van der Waals surface area contributed by atoms with Crippen molar-refractivity contribution >= 4 is 5.69 Å². The van der Waals surface area contributed by atoms with Gasteiger partial charge in [0.05, 0.1) is 25.2 Å². The van der Waals surface area contributed by atoms with Gasteiger partial charge in [-0.25, -0.2) is 0 Å². The minimum Gasteiger partial charge on any atom is -0.493 e. The molecule has 0 saturated carbocycles. The van der Waals surface area contributed by atoms with E-state index in [9.17, 15) is 10.1 Å². The first-order valence-corrected chi connectivity index (χ1v) is 4.73. The third-order valence-electron chi connectivity index (χ3n) is 2.20. The van der Waals surface area contributed by atoms with Crippen LogP contribution in [-0.2, 0) is 6.42 Å². The van der Waals surface area contributed by atoms with Gasteiger partial charge in [-0.05, 0) is 19.0 Å². The Labute approximate surface area is 93.1 Å². The Morgan fingerprint density at radius 3 is 2.31 bits per heavy atom. The summed E-state index contributed by atoms with van der Waals surface area (Å²) >= 11 is 0. The molecule has 1 aromatic rings. The number of nitro groups is 1. The van der Waals surface area contributed by atoms with Crippen LogP contribution >= 0.6 is 0 Å². The molecule has 88 valence electrons. The molecular weight excluding hydrogens is 212 g/mol. The van der Waals surface area contributed by atoms with Gasteiger partial charge in [0.25, 0.3) is 5.69 Å². The van der Waals surface area contributed by atoms with Crippen LogP contribution in [0.3, 0.4) is 0 Å². The van der Waals surface area contributed by atoms with E-state index in [2.05, 4.69) is 0 Å². The third-order valence-corrected chi connectivity index (χ3v) is 2.20. The van der Waals surface area contributed by atoms with Crippen LogP contribution < -0.4 is 15.2 Å². The third kappa shape index (κ3) is 2.40. The van der Waals surface area contributed by atoms with Crippen molar-refractivity contribution < 1.29 is 14.4 Å². The number of nitrogens with two attached hydrogens (primary N) is 1. The topological polar surface area (TPSA) is 87.6 Å². The molecule has 1 aromatic carbocycles. The standard InChI is InChI=1S/C10H14N2O4/c1-15-9-5-7(3-4-11)8(12(13)14)6-10(9)16-2/h5-6H,3-4,11H2,1-2H3. The van der Waals surface area contributed by atoms with Gasteiger partial charge in [-0.1, -0.05) is 0 Å². The van der Waals surface area contributed by atoms with Gasteiger partial charge < -0.3 is 15.2 Å². The second-order valence-corrected chi connectivity index (χ2v) is 3.13. The van der Waals surface area contributed by atoms with Gasteiger partial charge >= 0.3 is 0 Å². The maximum absolute atomic E-state index is 10.8. The zero-order chi connectivity index (χ0) is 12.1. The molecule has 0 amide bonds. The van der Waals surface area contributed by atoms with Crippen molar-refractivity contribution in [3.05, 3.63) is 27.8 Å². The van der Waals surface area contributed by atoms with Crippen LogP contribution in [0.4, 0.5) is 5.69 Å². The van der Waals surface area contributed by atoms with Crippen molar-refractivity contribution in [1.82, 2.24) is 0 Å². The van der Waals surface area contributed by atoms with Crippen molar-refractivity contribution in [1.29, 1.82) is 0 Å². The van der Waals surface area contributed by atoms with E-state index < -0.39 is 4.92 Å². The van der Waals surface area contributed by atoms with E-state index in [0.29, 0.717) is 30.0 Å². The van der Waals surface area contributed by atoms with Gasteiger partial charge in [0.15, 0.2) is 11.5 Å². The van der Waals surface area contributed by atoms with Crippen LogP contribution in [0.5, 0.6) is 11.5 Å². The van der Waals surface area contributed by atoms with Crippen molar-refractivity contribution in [3.63, 3.8) is 0 Å². The lowest BCUT2D eigenvalue weighted by Crippen LogP contribution is -2.06. The van der Waals surface area contributed by atoms with Crippen LogP contribution in [0, 0.1) is 10.1 Å². The summed E-state index contributed by atoms with van der Waals surface area (Å²) in [6.45, 7) is 0.344. The first-order chi connectivity index (χ1) is 7.63. The van der Waals surface area contributed by atoms with E-state index >= 15 is 0 Å². The van der Waals surface area contributed by atoms with Crippen molar-refractivity contribution in [3.8, 4) is 11.5 Å². The van der Waals surface area contributed by atoms with Crippen LogP contribution in [0.1, 0.15) is 5.56 Å². The van der Waals surface area contributed by atoms with Gasteiger partial charge in [-0.2, -0.15) is 0 Å². The maximum Gasteiger partial charge on any atom is 0.276 e. The lowest BCUT2D eigenvalue weighted by atomic mass is 10.1. The average Bonchev–Trinajstić information content (AvgIpc) is 2.28. The number of hydrogen-bond donors (Lipinski definition) is 1. The Balaban J connectivity index is 3.29. The second kappa shape index (κ2) is 5.32. The highest BCUT2D eigenvalue weighted by Gasteiger charge is 2.18. The number of methoxy groups -OCH3 is 2. The van der Waals surface area contributed by atoms with E-state index in [1.54, 1.807) is 6.07 Å². The molecule has 0 aliphatic rings. The number of benzene rings is 1.